The minimum Gasteiger partial charge on any atom is -0.359 e. The first-order valence-electron chi connectivity index (χ1n) is 8.56. The Labute approximate surface area is 152 Å². The van der Waals surface area contributed by atoms with Gasteiger partial charge in [0.2, 0.25) is 0 Å². The summed E-state index contributed by atoms with van der Waals surface area (Å²) in [5.74, 6) is 0.875. The molecule has 3 rings (SSSR count). The predicted molar refractivity (Wildman–Crippen MR) is 98.6 cm³/mol. The van der Waals surface area contributed by atoms with Gasteiger partial charge in [-0.05, 0) is 37.1 Å². The van der Waals surface area contributed by atoms with Crippen molar-refractivity contribution >= 4 is 5.91 Å². The number of amides is 1. The molecule has 0 aliphatic carbocycles. The van der Waals surface area contributed by atoms with E-state index >= 15 is 0 Å². The number of hydrogen-bond donors (Lipinski definition) is 0. The summed E-state index contributed by atoms with van der Waals surface area (Å²) < 4.78 is 5.32. The smallest absolute Gasteiger partial charge is 0.254 e. The van der Waals surface area contributed by atoms with Gasteiger partial charge >= 0.3 is 0 Å². The number of carbonyl (C=O) groups is 1. The second-order valence-electron chi connectivity index (χ2n) is 6.67. The molecular weight excluding hydrogens is 328 g/mol. The summed E-state index contributed by atoms with van der Waals surface area (Å²) in [6.45, 7) is 6.36. The Morgan fingerprint density at radius 1 is 1.15 bits per heavy atom. The number of benzene rings is 1. The molecule has 6 nitrogen and oxygen atoms in total. The summed E-state index contributed by atoms with van der Waals surface area (Å²) in [6, 6.07) is 13.1. The van der Waals surface area contributed by atoms with Crippen LogP contribution in [0.5, 0.6) is 0 Å². The highest BCUT2D eigenvalue weighted by molar-refractivity contribution is 5.95. The Hall–Kier alpha value is -3.02. The number of carbonyl (C=O) groups excluding carboxylic acids is 1. The molecule has 0 aliphatic rings. The normalized spacial score (nSPS) is 11.0. The Balaban J connectivity index is 1.76. The van der Waals surface area contributed by atoms with E-state index in [-0.39, 0.29) is 5.91 Å². The van der Waals surface area contributed by atoms with Crippen LogP contribution in [-0.4, -0.2) is 33.2 Å². The van der Waals surface area contributed by atoms with Gasteiger partial charge in [0.25, 0.3) is 5.91 Å². The maximum absolute atomic E-state index is 12.8. The zero-order valence-corrected chi connectivity index (χ0v) is 15.4. The molecule has 0 saturated carbocycles. The van der Waals surface area contributed by atoms with Gasteiger partial charge in [-0.15, -0.1) is 0 Å². The van der Waals surface area contributed by atoms with Crippen molar-refractivity contribution in [1.29, 1.82) is 0 Å². The monoisotopic (exact) mass is 350 g/mol. The van der Waals surface area contributed by atoms with Crippen molar-refractivity contribution in [3.05, 3.63) is 65.2 Å². The zero-order chi connectivity index (χ0) is 18.7. The van der Waals surface area contributed by atoms with E-state index in [2.05, 4.69) is 29.2 Å². The summed E-state index contributed by atoms with van der Waals surface area (Å²) in [4.78, 5) is 14.4. The standard InChI is InChI=1S/C20H22N4O2/c1-13(2)19-11-17(26-23-19)12-24(4)20(25)16-7-5-6-15(10-16)18-9-8-14(3)21-22-18/h5-11,13H,12H2,1-4H3. The highest BCUT2D eigenvalue weighted by Crippen LogP contribution is 2.20. The molecule has 0 radical (unpaired) electrons. The van der Waals surface area contributed by atoms with Crippen LogP contribution in [0, 0.1) is 6.92 Å². The molecule has 0 fully saturated rings. The first kappa shape index (κ1) is 17.8. The highest BCUT2D eigenvalue weighted by Gasteiger charge is 2.16. The van der Waals surface area contributed by atoms with Gasteiger partial charge in [-0.3, -0.25) is 4.79 Å². The fraction of sp³-hybridized carbons (Fsp3) is 0.300. The average Bonchev–Trinajstić information content (AvgIpc) is 3.10. The third kappa shape index (κ3) is 3.96. The minimum atomic E-state index is -0.0885. The van der Waals surface area contributed by atoms with E-state index in [1.54, 1.807) is 18.0 Å². The topological polar surface area (TPSA) is 72.1 Å². The van der Waals surface area contributed by atoms with Crippen molar-refractivity contribution in [2.24, 2.45) is 0 Å². The minimum absolute atomic E-state index is 0.0885. The van der Waals surface area contributed by atoms with Crippen molar-refractivity contribution in [2.45, 2.75) is 33.2 Å². The number of aryl methyl sites for hydroxylation is 1. The fourth-order valence-corrected chi connectivity index (χ4v) is 2.57. The van der Waals surface area contributed by atoms with E-state index < -0.39 is 0 Å². The van der Waals surface area contributed by atoms with Crippen molar-refractivity contribution < 1.29 is 9.32 Å². The van der Waals surface area contributed by atoms with E-state index in [1.165, 1.54) is 0 Å². The second kappa shape index (κ2) is 7.47. The van der Waals surface area contributed by atoms with Crippen LogP contribution in [-0.2, 0) is 6.54 Å². The maximum atomic E-state index is 12.8. The molecule has 0 atom stereocenters. The molecule has 2 aromatic heterocycles. The van der Waals surface area contributed by atoms with Gasteiger partial charge < -0.3 is 9.42 Å². The second-order valence-corrected chi connectivity index (χ2v) is 6.67. The number of hydrogen-bond acceptors (Lipinski definition) is 5. The van der Waals surface area contributed by atoms with Crippen molar-refractivity contribution in [1.82, 2.24) is 20.3 Å². The number of rotatable bonds is 5. The van der Waals surface area contributed by atoms with Crippen LogP contribution in [0.25, 0.3) is 11.3 Å². The molecule has 0 saturated heterocycles. The zero-order valence-electron chi connectivity index (χ0n) is 15.4. The van der Waals surface area contributed by atoms with E-state index in [0.717, 1.165) is 22.6 Å². The molecule has 1 aromatic carbocycles. The first-order valence-corrected chi connectivity index (χ1v) is 8.56. The molecule has 2 heterocycles. The Bertz CT molecular complexity index is 900. The van der Waals surface area contributed by atoms with E-state index in [9.17, 15) is 4.79 Å². The molecule has 134 valence electrons. The Morgan fingerprint density at radius 2 is 1.96 bits per heavy atom. The van der Waals surface area contributed by atoms with Crippen LogP contribution in [0.15, 0.2) is 47.0 Å². The van der Waals surface area contributed by atoms with Gasteiger partial charge in [0.1, 0.15) is 0 Å². The van der Waals surface area contributed by atoms with Gasteiger partial charge in [-0.2, -0.15) is 10.2 Å². The van der Waals surface area contributed by atoms with Gasteiger partial charge in [-0.25, -0.2) is 0 Å². The maximum Gasteiger partial charge on any atom is 0.254 e. The van der Waals surface area contributed by atoms with Crippen molar-refractivity contribution in [3.8, 4) is 11.3 Å². The van der Waals surface area contributed by atoms with Crippen molar-refractivity contribution in [2.75, 3.05) is 7.05 Å². The van der Waals surface area contributed by atoms with Gasteiger partial charge in [-0.1, -0.05) is 31.1 Å². The molecular formula is C20H22N4O2. The number of nitrogens with zero attached hydrogens (tertiary/aromatic N) is 4. The van der Waals surface area contributed by atoms with Crippen LogP contribution in [0.1, 0.15) is 47.3 Å². The van der Waals surface area contributed by atoms with Gasteiger partial charge in [0.15, 0.2) is 5.76 Å². The lowest BCUT2D eigenvalue weighted by atomic mass is 10.1. The fourth-order valence-electron chi connectivity index (χ4n) is 2.57. The van der Waals surface area contributed by atoms with Crippen molar-refractivity contribution in [3.63, 3.8) is 0 Å². The summed E-state index contributed by atoms with van der Waals surface area (Å²) in [7, 11) is 1.75. The van der Waals surface area contributed by atoms with E-state index in [0.29, 0.717) is 23.8 Å². The third-order valence-electron chi connectivity index (χ3n) is 4.11. The summed E-state index contributed by atoms with van der Waals surface area (Å²) in [5.41, 5.74) is 3.94. The summed E-state index contributed by atoms with van der Waals surface area (Å²) in [5, 5.41) is 12.3. The van der Waals surface area contributed by atoms with Gasteiger partial charge in [0, 0.05) is 24.2 Å². The lowest BCUT2D eigenvalue weighted by molar-refractivity contribution is 0.0772. The van der Waals surface area contributed by atoms with E-state index in [1.807, 2.05) is 43.3 Å². The molecule has 1 amide bonds. The molecule has 0 aliphatic heterocycles. The molecule has 0 unspecified atom stereocenters. The lowest BCUT2D eigenvalue weighted by Gasteiger charge is -2.15. The first-order chi connectivity index (χ1) is 12.4. The Kier molecular flexibility index (Phi) is 5.11. The van der Waals surface area contributed by atoms with Gasteiger partial charge in [0.05, 0.1) is 23.6 Å². The molecule has 6 heteroatoms. The van der Waals surface area contributed by atoms with Crippen LogP contribution < -0.4 is 0 Å². The highest BCUT2D eigenvalue weighted by atomic mass is 16.5. The average molecular weight is 350 g/mol. The molecule has 0 N–H and O–H groups in total. The summed E-state index contributed by atoms with van der Waals surface area (Å²) in [6.07, 6.45) is 0. The largest absolute Gasteiger partial charge is 0.359 e. The third-order valence-corrected chi connectivity index (χ3v) is 4.11. The molecule has 0 spiro atoms. The number of aromatic nitrogens is 3. The Morgan fingerprint density at radius 3 is 2.62 bits per heavy atom. The van der Waals surface area contributed by atoms with Crippen LogP contribution in [0.4, 0.5) is 0 Å². The van der Waals surface area contributed by atoms with E-state index in [4.69, 9.17) is 4.52 Å². The molecule has 3 aromatic rings. The molecule has 0 bridgehead atoms. The van der Waals surface area contributed by atoms with Crippen LogP contribution in [0.2, 0.25) is 0 Å². The van der Waals surface area contributed by atoms with Crippen LogP contribution >= 0.6 is 0 Å². The summed E-state index contributed by atoms with van der Waals surface area (Å²) >= 11 is 0. The van der Waals surface area contributed by atoms with Crippen LogP contribution in [0.3, 0.4) is 0 Å². The predicted octanol–water partition coefficient (Wildman–Crippen LogP) is 3.84. The quantitative estimate of drug-likeness (QED) is 0.699. The SMILES string of the molecule is Cc1ccc(-c2cccc(C(=O)N(C)Cc3cc(C(C)C)no3)c2)nn1. The molecule has 26 heavy (non-hydrogen) atoms. The lowest BCUT2D eigenvalue weighted by Crippen LogP contribution is -2.26.